The molecule has 0 radical (unpaired) electrons. The minimum atomic E-state index is -2.56. The average Bonchev–Trinajstić information content (AvgIpc) is 3.09. The van der Waals surface area contributed by atoms with Gasteiger partial charge < -0.3 is 42.3 Å². The molecule has 0 aromatic heterocycles. The van der Waals surface area contributed by atoms with Crippen molar-refractivity contribution in [3.8, 4) is 0 Å². The molecule has 54 heavy (non-hydrogen) atoms. The zero-order chi connectivity index (χ0) is 39.6. The molecule has 1 N–H and O–H groups in total. The van der Waals surface area contributed by atoms with E-state index in [2.05, 4.69) is 43.9 Å². The van der Waals surface area contributed by atoms with Crippen LogP contribution in [0.15, 0.2) is 65.8 Å². The summed E-state index contributed by atoms with van der Waals surface area (Å²) in [6.07, 6.45) is -9.29. The number of nitrogens with one attached hydrogen (secondary N) is 1. The van der Waals surface area contributed by atoms with Crippen LogP contribution in [-0.4, -0.2) is 94.1 Å². The molecule has 296 valence electrons. The van der Waals surface area contributed by atoms with Crippen LogP contribution in [0.25, 0.3) is 10.4 Å². The molecule has 0 bridgehead atoms. The summed E-state index contributed by atoms with van der Waals surface area (Å²) in [5, 5.41) is 11.9. The van der Waals surface area contributed by atoms with Crippen LogP contribution >= 0.6 is 0 Å². The first-order chi connectivity index (χ1) is 25.5. The number of rotatable bonds is 15. The molecule has 2 aromatic carbocycles. The van der Waals surface area contributed by atoms with E-state index in [1.165, 1.54) is 20.8 Å². The van der Waals surface area contributed by atoms with Crippen molar-refractivity contribution >= 4 is 26.2 Å². The first kappa shape index (κ1) is 42.9. The third-order valence-corrected chi connectivity index (χ3v) is 14.1. The Balaban J connectivity index is 1.79. The minimum Gasteiger partial charge on any atom is -0.463 e. The Morgan fingerprint density at radius 1 is 0.815 bits per heavy atom. The SMILES string of the molecule is CC(=N)O[C@@H]1OC(C)[C@H](O[C@@H]2OC(COC(C)=O)[C@H](O[Si](C)(C)C(C)(C)C)C(OCc3ccccc3)[C@H]2N=[N+]=[N-])C(OCc2ccccc2)[C@H]1OC(C)=O. The highest BCUT2D eigenvalue weighted by Gasteiger charge is 2.55. The van der Waals surface area contributed by atoms with Gasteiger partial charge >= 0.3 is 11.9 Å². The fraction of sp³-hybridized carbons (Fsp3) is 0.605. The highest BCUT2D eigenvalue weighted by atomic mass is 28.4. The topological polar surface area (TPSA) is 190 Å². The van der Waals surface area contributed by atoms with Crippen molar-refractivity contribution in [2.75, 3.05) is 6.61 Å². The maximum atomic E-state index is 12.5. The molecular weight excluding hydrogens is 717 g/mol. The zero-order valence-corrected chi connectivity index (χ0v) is 33.5. The fourth-order valence-electron chi connectivity index (χ4n) is 5.99. The molecule has 0 amide bonds. The number of azide groups is 1. The molecule has 15 nitrogen and oxygen atoms in total. The molecule has 16 heteroatoms. The van der Waals surface area contributed by atoms with E-state index in [-0.39, 0.29) is 30.8 Å². The van der Waals surface area contributed by atoms with Gasteiger partial charge in [-0.2, -0.15) is 0 Å². The van der Waals surface area contributed by atoms with Gasteiger partial charge in [0.2, 0.25) is 6.29 Å². The first-order valence-corrected chi connectivity index (χ1v) is 20.9. The molecule has 0 saturated carbocycles. The molecule has 2 saturated heterocycles. The van der Waals surface area contributed by atoms with Crippen LogP contribution in [0.5, 0.6) is 0 Å². The Morgan fingerprint density at radius 3 is 1.89 bits per heavy atom. The number of hydrogen-bond donors (Lipinski definition) is 1. The molecule has 0 aliphatic carbocycles. The van der Waals surface area contributed by atoms with Gasteiger partial charge in [0.05, 0.1) is 25.4 Å². The summed E-state index contributed by atoms with van der Waals surface area (Å²) < 4.78 is 56.5. The summed E-state index contributed by atoms with van der Waals surface area (Å²) in [6, 6.07) is 17.8. The van der Waals surface area contributed by atoms with E-state index in [1.54, 1.807) is 6.92 Å². The van der Waals surface area contributed by atoms with Crippen LogP contribution in [0.2, 0.25) is 18.1 Å². The van der Waals surface area contributed by atoms with Crippen molar-refractivity contribution in [1.82, 2.24) is 0 Å². The summed E-state index contributed by atoms with van der Waals surface area (Å²) >= 11 is 0. The van der Waals surface area contributed by atoms with Crippen LogP contribution in [0.3, 0.4) is 0 Å². The summed E-state index contributed by atoms with van der Waals surface area (Å²) in [4.78, 5) is 27.8. The molecule has 2 aliphatic rings. The van der Waals surface area contributed by atoms with Gasteiger partial charge in [-0.05, 0) is 41.7 Å². The number of benzene rings is 2. The standard InChI is InChI=1S/C38H54N4O11Si/c1-23-31(34(47-21-28-18-14-11-15-19-28)35(50-26(4)44)37(48-23)49-24(2)39)52-36-30(41-42-40)33(46-20-27-16-12-10-13-17-27)32(29(51-36)22-45-25(3)43)53-54(8,9)38(5,6)7/h10-19,23,29-37,39H,20-22H2,1-9H3/t23?,29?,30-,31+,32+,33?,34?,35-,36+,37+/m1/s1. The fourth-order valence-corrected chi connectivity index (χ4v) is 7.31. The lowest BCUT2D eigenvalue weighted by Crippen LogP contribution is -2.66. The van der Waals surface area contributed by atoms with Crippen LogP contribution in [-0.2, 0) is 65.1 Å². The number of carbonyl (C=O) groups is 2. The van der Waals surface area contributed by atoms with E-state index < -0.39 is 81.6 Å². The summed E-state index contributed by atoms with van der Waals surface area (Å²) in [5.41, 5.74) is 11.7. The largest absolute Gasteiger partial charge is 0.463 e. The van der Waals surface area contributed by atoms with Crippen LogP contribution < -0.4 is 0 Å². The van der Waals surface area contributed by atoms with E-state index >= 15 is 0 Å². The lowest BCUT2D eigenvalue weighted by molar-refractivity contribution is -0.340. The van der Waals surface area contributed by atoms with Crippen molar-refractivity contribution < 1.29 is 51.9 Å². The Morgan fingerprint density at radius 2 is 1.39 bits per heavy atom. The van der Waals surface area contributed by atoms with Crippen molar-refractivity contribution in [1.29, 1.82) is 5.41 Å². The molecule has 2 aromatic rings. The maximum Gasteiger partial charge on any atom is 0.303 e. The molecule has 2 heterocycles. The van der Waals surface area contributed by atoms with Crippen molar-refractivity contribution in [3.05, 3.63) is 82.2 Å². The quantitative estimate of drug-likeness (QED) is 0.0391. The van der Waals surface area contributed by atoms with Gasteiger partial charge in [-0.15, -0.1) is 0 Å². The third kappa shape index (κ3) is 11.6. The van der Waals surface area contributed by atoms with Gasteiger partial charge in [-0.25, -0.2) is 0 Å². The van der Waals surface area contributed by atoms with Gasteiger partial charge in [-0.3, -0.25) is 15.0 Å². The molecule has 0 spiro atoms. The monoisotopic (exact) mass is 770 g/mol. The van der Waals surface area contributed by atoms with E-state index in [9.17, 15) is 15.1 Å². The lowest BCUT2D eigenvalue weighted by atomic mass is 9.95. The van der Waals surface area contributed by atoms with Crippen LogP contribution in [0.4, 0.5) is 0 Å². The van der Waals surface area contributed by atoms with E-state index in [4.69, 9.17) is 47.7 Å². The highest BCUT2D eigenvalue weighted by molar-refractivity contribution is 6.74. The number of esters is 2. The minimum absolute atomic E-state index is 0.0950. The first-order valence-electron chi connectivity index (χ1n) is 18.0. The molecule has 4 unspecified atom stereocenters. The Hall–Kier alpha value is -3.86. The average molecular weight is 771 g/mol. The predicted octanol–water partition coefficient (Wildman–Crippen LogP) is 6.59. The normalized spacial score (nSPS) is 28.7. The molecular formula is C38H54N4O11Si. The number of nitrogens with zero attached hydrogens (tertiary/aromatic N) is 3. The second kappa shape index (κ2) is 19.1. The van der Waals surface area contributed by atoms with Gasteiger partial charge in [0.25, 0.3) is 0 Å². The third-order valence-electron chi connectivity index (χ3n) is 9.67. The molecule has 2 aliphatic heterocycles. The maximum absolute atomic E-state index is 12.5. The Labute approximate surface area is 318 Å². The number of hydrogen-bond acceptors (Lipinski definition) is 13. The van der Waals surface area contributed by atoms with Gasteiger partial charge in [-0.1, -0.05) is 86.5 Å². The van der Waals surface area contributed by atoms with E-state index in [0.29, 0.717) is 0 Å². The van der Waals surface area contributed by atoms with Crippen molar-refractivity contribution in [2.24, 2.45) is 5.11 Å². The predicted molar refractivity (Wildman–Crippen MR) is 200 cm³/mol. The van der Waals surface area contributed by atoms with Gasteiger partial charge in [0.15, 0.2) is 26.6 Å². The number of carbonyl (C=O) groups excluding carboxylic acids is 2. The molecule has 10 atom stereocenters. The van der Waals surface area contributed by atoms with Crippen LogP contribution in [0, 0.1) is 5.41 Å². The lowest BCUT2D eigenvalue weighted by Gasteiger charge is -2.51. The second-order valence-electron chi connectivity index (χ2n) is 15.0. The Kier molecular flexibility index (Phi) is 15.2. The van der Waals surface area contributed by atoms with Crippen molar-refractivity contribution in [2.45, 2.75) is 141 Å². The zero-order valence-electron chi connectivity index (χ0n) is 32.5. The molecule has 2 fully saturated rings. The van der Waals surface area contributed by atoms with Crippen LogP contribution in [0.1, 0.15) is 59.6 Å². The van der Waals surface area contributed by atoms with E-state index in [0.717, 1.165) is 11.1 Å². The molecule has 4 rings (SSSR count). The Bertz CT molecular complexity index is 1590. The smallest absolute Gasteiger partial charge is 0.303 e. The number of ether oxygens (including phenoxy) is 8. The van der Waals surface area contributed by atoms with Gasteiger partial charge in [0, 0.05) is 25.7 Å². The highest BCUT2D eigenvalue weighted by Crippen LogP contribution is 2.41. The van der Waals surface area contributed by atoms with E-state index in [1.807, 2.05) is 60.7 Å². The summed E-state index contributed by atoms with van der Waals surface area (Å²) in [5.74, 6) is -1.32. The second-order valence-corrected chi connectivity index (χ2v) is 19.7. The van der Waals surface area contributed by atoms with Gasteiger partial charge in [0.1, 0.15) is 37.1 Å². The summed E-state index contributed by atoms with van der Waals surface area (Å²) in [6.45, 7) is 16.2. The summed E-state index contributed by atoms with van der Waals surface area (Å²) in [7, 11) is -2.56. The van der Waals surface area contributed by atoms with Crippen molar-refractivity contribution in [3.63, 3.8) is 0 Å².